The lowest BCUT2D eigenvalue weighted by atomic mass is 10.0. The molecule has 1 N–H and O–H groups in total. The number of carbonyl (C=O) groups is 1. The predicted molar refractivity (Wildman–Crippen MR) is 58.2 cm³/mol. The molecule has 0 atom stereocenters. The zero-order valence-corrected chi connectivity index (χ0v) is 8.69. The van der Waals surface area contributed by atoms with E-state index in [0.717, 1.165) is 16.9 Å². The van der Waals surface area contributed by atoms with Gasteiger partial charge in [0.15, 0.2) is 0 Å². The summed E-state index contributed by atoms with van der Waals surface area (Å²) in [5.41, 5.74) is 1.76. The van der Waals surface area contributed by atoms with E-state index in [1.807, 2.05) is 6.07 Å². The summed E-state index contributed by atoms with van der Waals surface area (Å²) in [6.45, 7) is 3.64. The molecule has 3 nitrogen and oxygen atoms in total. The Balaban J connectivity index is 3.02. The maximum Gasteiger partial charge on any atom is 0.307 e. The van der Waals surface area contributed by atoms with Gasteiger partial charge in [-0.3, -0.25) is 4.79 Å². The Morgan fingerprint density at radius 3 is 2.80 bits per heavy atom. The number of hydrogen-bond acceptors (Lipinski definition) is 2. The molecule has 0 amide bonds. The molecule has 0 aliphatic heterocycles. The fourth-order valence-corrected chi connectivity index (χ4v) is 1.41. The number of rotatable bonds is 5. The Morgan fingerprint density at radius 1 is 1.53 bits per heavy atom. The molecule has 0 fully saturated rings. The van der Waals surface area contributed by atoms with E-state index in [-0.39, 0.29) is 6.42 Å². The van der Waals surface area contributed by atoms with Crippen molar-refractivity contribution in [3.05, 3.63) is 42.0 Å². The van der Waals surface area contributed by atoms with Gasteiger partial charge in [0, 0.05) is 0 Å². The number of benzene rings is 1. The minimum atomic E-state index is -0.828. The van der Waals surface area contributed by atoms with E-state index in [0.29, 0.717) is 6.42 Å². The Bertz CT molecular complexity index is 369. The average Bonchev–Trinajstić information content (AvgIpc) is 2.20. The third kappa shape index (κ3) is 3.13. The SMILES string of the molecule is C=CCc1cc(OC)ccc1CC(=O)O. The second-order valence-electron chi connectivity index (χ2n) is 3.20. The Hall–Kier alpha value is -1.77. The van der Waals surface area contributed by atoms with Gasteiger partial charge in [-0.2, -0.15) is 0 Å². The smallest absolute Gasteiger partial charge is 0.307 e. The first-order valence-corrected chi connectivity index (χ1v) is 4.66. The highest BCUT2D eigenvalue weighted by atomic mass is 16.5. The summed E-state index contributed by atoms with van der Waals surface area (Å²) in [5, 5.41) is 8.73. The minimum Gasteiger partial charge on any atom is -0.497 e. The highest BCUT2D eigenvalue weighted by Gasteiger charge is 2.06. The number of methoxy groups -OCH3 is 1. The van der Waals surface area contributed by atoms with Crippen molar-refractivity contribution in [2.24, 2.45) is 0 Å². The fourth-order valence-electron chi connectivity index (χ4n) is 1.41. The summed E-state index contributed by atoms with van der Waals surface area (Å²) >= 11 is 0. The second kappa shape index (κ2) is 5.20. The molecule has 0 aromatic heterocycles. The highest BCUT2D eigenvalue weighted by molar-refractivity contribution is 5.71. The largest absolute Gasteiger partial charge is 0.497 e. The van der Waals surface area contributed by atoms with Gasteiger partial charge >= 0.3 is 5.97 Å². The number of carboxylic acids is 1. The van der Waals surface area contributed by atoms with Gasteiger partial charge in [-0.25, -0.2) is 0 Å². The molecule has 0 saturated carbocycles. The molecule has 1 rings (SSSR count). The molecule has 80 valence electrons. The first kappa shape index (κ1) is 11.3. The first-order valence-electron chi connectivity index (χ1n) is 4.66. The zero-order chi connectivity index (χ0) is 11.3. The summed E-state index contributed by atoms with van der Waals surface area (Å²) in [4.78, 5) is 10.6. The summed E-state index contributed by atoms with van der Waals surface area (Å²) in [6.07, 6.45) is 2.44. The summed E-state index contributed by atoms with van der Waals surface area (Å²) in [7, 11) is 1.59. The number of ether oxygens (including phenoxy) is 1. The molecule has 1 aromatic carbocycles. The predicted octanol–water partition coefficient (Wildman–Crippen LogP) is 2.05. The summed E-state index contributed by atoms with van der Waals surface area (Å²) in [6, 6.07) is 5.40. The van der Waals surface area contributed by atoms with Crippen molar-refractivity contribution in [2.45, 2.75) is 12.8 Å². The molecule has 0 unspecified atom stereocenters. The van der Waals surface area contributed by atoms with E-state index in [1.165, 1.54) is 0 Å². The molecule has 0 radical (unpaired) electrons. The van der Waals surface area contributed by atoms with Gasteiger partial charge in [0.05, 0.1) is 13.5 Å². The van der Waals surface area contributed by atoms with Crippen LogP contribution in [0.15, 0.2) is 30.9 Å². The summed E-state index contributed by atoms with van der Waals surface area (Å²) in [5.74, 6) is -0.0912. The van der Waals surface area contributed by atoms with Crippen molar-refractivity contribution in [3.63, 3.8) is 0 Å². The first-order chi connectivity index (χ1) is 7.17. The fraction of sp³-hybridized carbons (Fsp3) is 0.250. The molecule has 15 heavy (non-hydrogen) atoms. The molecule has 0 heterocycles. The van der Waals surface area contributed by atoms with Crippen molar-refractivity contribution >= 4 is 5.97 Å². The van der Waals surface area contributed by atoms with E-state index in [2.05, 4.69) is 6.58 Å². The van der Waals surface area contributed by atoms with Crippen LogP contribution < -0.4 is 4.74 Å². The van der Waals surface area contributed by atoms with Crippen LogP contribution in [0.25, 0.3) is 0 Å². The quantitative estimate of drug-likeness (QED) is 0.750. The number of carboxylic acid groups (broad SMARTS) is 1. The zero-order valence-electron chi connectivity index (χ0n) is 8.69. The van der Waals surface area contributed by atoms with Gasteiger partial charge in [0.2, 0.25) is 0 Å². The van der Waals surface area contributed by atoms with Crippen LogP contribution in [0.2, 0.25) is 0 Å². The molecule has 0 spiro atoms. The Labute approximate surface area is 89.0 Å². The van der Waals surface area contributed by atoms with Crippen molar-refractivity contribution in [3.8, 4) is 5.75 Å². The lowest BCUT2D eigenvalue weighted by Crippen LogP contribution is -2.03. The lowest BCUT2D eigenvalue weighted by Gasteiger charge is -2.08. The van der Waals surface area contributed by atoms with Crippen molar-refractivity contribution < 1.29 is 14.6 Å². The van der Waals surface area contributed by atoms with Crippen LogP contribution in [0, 0.1) is 0 Å². The molecule has 0 bridgehead atoms. The van der Waals surface area contributed by atoms with E-state index in [1.54, 1.807) is 25.3 Å². The van der Waals surface area contributed by atoms with Crippen molar-refractivity contribution in [1.82, 2.24) is 0 Å². The van der Waals surface area contributed by atoms with Gasteiger partial charge < -0.3 is 9.84 Å². The Morgan fingerprint density at radius 2 is 2.27 bits per heavy atom. The second-order valence-corrected chi connectivity index (χ2v) is 3.20. The number of allylic oxidation sites excluding steroid dienone is 1. The summed E-state index contributed by atoms with van der Waals surface area (Å²) < 4.78 is 5.08. The molecule has 1 aromatic rings. The van der Waals surface area contributed by atoms with Crippen molar-refractivity contribution in [2.75, 3.05) is 7.11 Å². The van der Waals surface area contributed by atoms with Crippen LogP contribution in [0.3, 0.4) is 0 Å². The molecule has 0 aliphatic carbocycles. The third-order valence-electron chi connectivity index (χ3n) is 2.12. The highest BCUT2D eigenvalue weighted by Crippen LogP contribution is 2.19. The van der Waals surface area contributed by atoms with Crippen molar-refractivity contribution in [1.29, 1.82) is 0 Å². The van der Waals surface area contributed by atoms with E-state index in [9.17, 15) is 4.79 Å². The van der Waals surface area contributed by atoms with E-state index in [4.69, 9.17) is 9.84 Å². The standard InChI is InChI=1S/C12H14O3/c1-3-4-9-7-11(15-2)6-5-10(9)8-12(13)14/h3,5-7H,1,4,8H2,2H3,(H,13,14). The van der Waals surface area contributed by atoms with Crippen LogP contribution in [0.1, 0.15) is 11.1 Å². The molecule has 0 aliphatic rings. The maximum atomic E-state index is 10.6. The van der Waals surface area contributed by atoms with Crippen LogP contribution in [-0.2, 0) is 17.6 Å². The third-order valence-corrected chi connectivity index (χ3v) is 2.12. The van der Waals surface area contributed by atoms with Gasteiger partial charge in [0.1, 0.15) is 5.75 Å². The van der Waals surface area contributed by atoms with Crippen LogP contribution in [0.5, 0.6) is 5.75 Å². The molecular formula is C12H14O3. The lowest BCUT2D eigenvalue weighted by molar-refractivity contribution is -0.136. The molecule has 3 heteroatoms. The average molecular weight is 206 g/mol. The number of hydrogen-bond donors (Lipinski definition) is 1. The van der Waals surface area contributed by atoms with Crippen LogP contribution >= 0.6 is 0 Å². The topological polar surface area (TPSA) is 46.5 Å². The van der Waals surface area contributed by atoms with Crippen LogP contribution in [-0.4, -0.2) is 18.2 Å². The van der Waals surface area contributed by atoms with Gasteiger partial charge in [-0.1, -0.05) is 12.1 Å². The van der Waals surface area contributed by atoms with Gasteiger partial charge in [0.25, 0.3) is 0 Å². The van der Waals surface area contributed by atoms with Crippen LogP contribution in [0.4, 0.5) is 0 Å². The monoisotopic (exact) mass is 206 g/mol. The molecular weight excluding hydrogens is 192 g/mol. The minimum absolute atomic E-state index is 0.0349. The normalized spacial score (nSPS) is 9.67. The van der Waals surface area contributed by atoms with Gasteiger partial charge in [-0.05, 0) is 29.7 Å². The number of aliphatic carboxylic acids is 1. The maximum absolute atomic E-state index is 10.6. The Kier molecular flexibility index (Phi) is 3.92. The molecule has 0 saturated heterocycles. The van der Waals surface area contributed by atoms with Gasteiger partial charge in [-0.15, -0.1) is 6.58 Å². The van der Waals surface area contributed by atoms with E-state index >= 15 is 0 Å². The van der Waals surface area contributed by atoms with E-state index < -0.39 is 5.97 Å².